The summed E-state index contributed by atoms with van der Waals surface area (Å²) in [4.78, 5) is 24.7. The molecule has 0 atom stereocenters. The average molecular weight is 373 g/mol. The number of thiocarbonyl (C=S) groups is 1. The van der Waals surface area contributed by atoms with Gasteiger partial charge in [-0.3, -0.25) is 0 Å². The molecule has 138 valence electrons. The van der Waals surface area contributed by atoms with Crippen molar-refractivity contribution in [1.29, 1.82) is 0 Å². The minimum Gasteiger partial charge on any atom is -0.450 e. The summed E-state index contributed by atoms with van der Waals surface area (Å²) in [6.07, 6.45) is -0.259. The van der Waals surface area contributed by atoms with Crippen molar-refractivity contribution in [3.63, 3.8) is 0 Å². The molecule has 0 spiro atoms. The molecule has 1 amide bonds. The molecular formula is C18H23N5O2S. The van der Waals surface area contributed by atoms with Crippen LogP contribution in [0.1, 0.15) is 18.3 Å². The van der Waals surface area contributed by atoms with Crippen LogP contribution in [0.15, 0.2) is 18.2 Å². The Kier molecular flexibility index (Phi) is 5.51. The number of nitrogens with one attached hydrogen (secondary N) is 1. The number of ether oxygens (including phenoxy) is 1. The predicted octanol–water partition coefficient (Wildman–Crippen LogP) is 2.72. The van der Waals surface area contributed by atoms with Crippen LogP contribution < -0.4 is 5.32 Å². The van der Waals surface area contributed by atoms with Gasteiger partial charge in [-0.05, 0) is 51.2 Å². The Morgan fingerprint density at radius 1 is 1.12 bits per heavy atom. The Morgan fingerprint density at radius 2 is 1.73 bits per heavy atom. The molecule has 1 saturated heterocycles. The second-order valence-corrected chi connectivity index (χ2v) is 6.59. The number of fused-ring (bicyclic) bond motifs is 1. The van der Waals surface area contributed by atoms with Crippen LogP contribution in [0.4, 0.5) is 10.5 Å². The Bertz CT molecular complexity index is 834. The molecule has 26 heavy (non-hydrogen) atoms. The van der Waals surface area contributed by atoms with Crippen molar-refractivity contribution in [3.8, 4) is 0 Å². The maximum Gasteiger partial charge on any atom is 0.409 e. The number of benzene rings is 1. The van der Waals surface area contributed by atoms with Crippen LogP contribution in [-0.4, -0.2) is 63.8 Å². The van der Waals surface area contributed by atoms with E-state index in [4.69, 9.17) is 17.0 Å². The van der Waals surface area contributed by atoms with E-state index in [1.807, 2.05) is 39.0 Å². The topological polar surface area (TPSA) is 70.6 Å². The third-order valence-corrected chi connectivity index (χ3v) is 4.78. The van der Waals surface area contributed by atoms with Crippen LogP contribution >= 0.6 is 12.2 Å². The molecule has 7 nitrogen and oxygen atoms in total. The van der Waals surface area contributed by atoms with E-state index >= 15 is 0 Å². The van der Waals surface area contributed by atoms with Gasteiger partial charge in [-0.25, -0.2) is 14.8 Å². The molecule has 2 heterocycles. The number of rotatable bonds is 2. The fourth-order valence-electron chi connectivity index (χ4n) is 2.82. The smallest absolute Gasteiger partial charge is 0.409 e. The van der Waals surface area contributed by atoms with Gasteiger partial charge < -0.3 is 19.9 Å². The van der Waals surface area contributed by atoms with E-state index in [-0.39, 0.29) is 6.09 Å². The molecular weight excluding hydrogens is 350 g/mol. The first-order chi connectivity index (χ1) is 12.5. The minimum atomic E-state index is -0.259. The van der Waals surface area contributed by atoms with Crippen molar-refractivity contribution in [1.82, 2.24) is 19.8 Å². The predicted molar refractivity (Wildman–Crippen MR) is 105 cm³/mol. The van der Waals surface area contributed by atoms with Gasteiger partial charge in [0.15, 0.2) is 5.11 Å². The number of piperazine rings is 1. The summed E-state index contributed by atoms with van der Waals surface area (Å²) in [6, 6.07) is 5.85. The maximum atomic E-state index is 11.8. The number of carbonyl (C=O) groups is 1. The zero-order valence-corrected chi connectivity index (χ0v) is 16.1. The number of carbonyl (C=O) groups excluding carboxylic acids is 1. The molecule has 3 rings (SSSR count). The molecule has 1 aromatic heterocycles. The largest absolute Gasteiger partial charge is 0.450 e. The molecule has 0 radical (unpaired) electrons. The van der Waals surface area contributed by atoms with Crippen molar-refractivity contribution in [2.24, 2.45) is 0 Å². The Hall–Kier alpha value is -2.48. The fraction of sp³-hybridized carbons (Fsp3) is 0.444. The summed E-state index contributed by atoms with van der Waals surface area (Å²) >= 11 is 5.52. The van der Waals surface area contributed by atoms with Crippen molar-refractivity contribution in [2.45, 2.75) is 20.8 Å². The van der Waals surface area contributed by atoms with Crippen molar-refractivity contribution < 1.29 is 9.53 Å². The number of aryl methyl sites for hydroxylation is 2. The van der Waals surface area contributed by atoms with Crippen LogP contribution in [0.5, 0.6) is 0 Å². The quantitative estimate of drug-likeness (QED) is 0.812. The second-order valence-electron chi connectivity index (χ2n) is 6.20. The molecule has 1 aliphatic heterocycles. The zero-order chi connectivity index (χ0) is 18.7. The summed E-state index contributed by atoms with van der Waals surface area (Å²) < 4.78 is 5.04. The van der Waals surface area contributed by atoms with E-state index in [1.165, 1.54) is 0 Å². The van der Waals surface area contributed by atoms with Gasteiger partial charge in [0.2, 0.25) is 0 Å². The lowest BCUT2D eigenvalue weighted by molar-refractivity contribution is 0.0923. The number of amides is 1. The van der Waals surface area contributed by atoms with E-state index in [1.54, 1.807) is 4.90 Å². The average Bonchev–Trinajstić information content (AvgIpc) is 2.63. The SMILES string of the molecule is CCOC(=O)N1CCN(C(=S)Nc2ccc3nc(C)c(C)nc3c2)CC1. The van der Waals surface area contributed by atoms with Gasteiger partial charge in [0, 0.05) is 31.9 Å². The van der Waals surface area contributed by atoms with Crippen LogP contribution in [0.25, 0.3) is 11.0 Å². The summed E-state index contributed by atoms with van der Waals surface area (Å²) in [5.74, 6) is 0. The third kappa shape index (κ3) is 4.01. The van der Waals surface area contributed by atoms with E-state index in [0.29, 0.717) is 37.9 Å². The van der Waals surface area contributed by atoms with Crippen molar-refractivity contribution >= 4 is 40.1 Å². The molecule has 1 aliphatic rings. The third-order valence-electron chi connectivity index (χ3n) is 4.42. The van der Waals surface area contributed by atoms with E-state index in [2.05, 4.69) is 20.2 Å². The highest BCUT2D eigenvalue weighted by atomic mass is 32.1. The first kappa shape index (κ1) is 18.3. The number of hydrogen-bond acceptors (Lipinski definition) is 5. The van der Waals surface area contributed by atoms with E-state index in [0.717, 1.165) is 28.1 Å². The molecule has 0 saturated carbocycles. The molecule has 1 aromatic carbocycles. The van der Waals surface area contributed by atoms with Gasteiger partial charge in [0.05, 0.1) is 29.0 Å². The molecule has 1 N–H and O–H groups in total. The number of aromatic nitrogens is 2. The lowest BCUT2D eigenvalue weighted by Crippen LogP contribution is -2.51. The van der Waals surface area contributed by atoms with Crippen LogP contribution in [0.3, 0.4) is 0 Å². The van der Waals surface area contributed by atoms with Crippen molar-refractivity contribution in [3.05, 3.63) is 29.6 Å². The Morgan fingerprint density at radius 3 is 2.38 bits per heavy atom. The fourth-order valence-corrected chi connectivity index (χ4v) is 3.12. The maximum absolute atomic E-state index is 11.8. The lowest BCUT2D eigenvalue weighted by atomic mass is 10.2. The lowest BCUT2D eigenvalue weighted by Gasteiger charge is -2.35. The monoisotopic (exact) mass is 373 g/mol. The van der Waals surface area contributed by atoms with E-state index in [9.17, 15) is 4.79 Å². The van der Waals surface area contributed by atoms with Crippen LogP contribution in [0, 0.1) is 13.8 Å². The minimum absolute atomic E-state index is 0.259. The van der Waals surface area contributed by atoms with Gasteiger partial charge in [-0.1, -0.05) is 0 Å². The Labute approximate surface area is 158 Å². The summed E-state index contributed by atoms with van der Waals surface area (Å²) in [6.45, 7) is 8.67. The highest BCUT2D eigenvalue weighted by Crippen LogP contribution is 2.18. The first-order valence-corrected chi connectivity index (χ1v) is 9.11. The number of anilines is 1. The summed E-state index contributed by atoms with van der Waals surface area (Å²) in [5.41, 5.74) is 4.45. The second kappa shape index (κ2) is 7.82. The molecule has 1 fully saturated rings. The molecule has 0 bridgehead atoms. The summed E-state index contributed by atoms with van der Waals surface area (Å²) in [7, 11) is 0. The Balaban J connectivity index is 1.62. The summed E-state index contributed by atoms with van der Waals surface area (Å²) in [5, 5.41) is 3.91. The van der Waals surface area contributed by atoms with Crippen LogP contribution in [-0.2, 0) is 4.74 Å². The highest BCUT2D eigenvalue weighted by molar-refractivity contribution is 7.80. The number of nitrogens with zero attached hydrogens (tertiary/aromatic N) is 4. The van der Waals surface area contributed by atoms with E-state index < -0.39 is 0 Å². The number of hydrogen-bond donors (Lipinski definition) is 1. The first-order valence-electron chi connectivity index (χ1n) is 8.70. The van der Waals surface area contributed by atoms with Gasteiger partial charge in [0.25, 0.3) is 0 Å². The molecule has 0 unspecified atom stereocenters. The molecule has 2 aromatic rings. The molecule has 0 aliphatic carbocycles. The van der Waals surface area contributed by atoms with Crippen LogP contribution in [0.2, 0.25) is 0 Å². The van der Waals surface area contributed by atoms with Gasteiger partial charge in [-0.2, -0.15) is 0 Å². The molecule has 8 heteroatoms. The van der Waals surface area contributed by atoms with Gasteiger partial charge in [-0.15, -0.1) is 0 Å². The highest BCUT2D eigenvalue weighted by Gasteiger charge is 2.23. The van der Waals surface area contributed by atoms with Crippen molar-refractivity contribution in [2.75, 3.05) is 38.1 Å². The normalized spacial score (nSPS) is 14.4. The zero-order valence-electron chi connectivity index (χ0n) is 15.3. The van der Waals surface area contributed by atoms with Gasteiger partial charge in [0.1, 0.15) is 0 Å². The van der Waals surface area contributed by atoms with Gasteiger partial charge >= 0.3 is 6.09 Å². The standard InChI is InChI=1S/C18H23N5O2S/c1-4-25-18(24)23-9-7-22(8-10-23)17(26)21-14-5-6-15-16(11-14)20-13(3)12(2)19-15/h5-6,11H,4,7-10H2,1-3H3,(H,21,26).